The lowest BCUT2D eigenvalue weighted by Gasteiger charge is -2.41. The van der Waals surface area contributed by atoms with Gasteiger partial charge in [-0.2, -0.15) is 0 Å². The van der Waals surface area contributed by atoms with Crippen LogP contribution >= 0.6 is 0 Å². The zero-order valence-corrected chi connectivity index (χ0v) is 13.8. The van der Waals surface area contributed by atoms with E-state index in [1.165, 1.54) is 32.1 Å². The Kier molecular flexibility index (Phi) is 5.49. The topological polar surface area (TPSA) is 49.4 Å². The summed E-state index contributed by atoms with van der Waals surface area (Å²) >= 11 is 0. The quantitative estimate of drug-likeness (QED) is 0.860. The lowest BCUT2D eigenvalue weighted by molar-refractivity contribution is 0.144. The zero-order chi connectivity index (χ0) is 14.6. The molecule has 0 aromatic heterocycles. The molecule has 4 nitrogen and oxygen atoms in total. The van der Waals surface area contributed by atoms with Gasteiger partial charge in [0.25, 0.3) is 0 Å². The Morgan fingerprint density at radius 3 is 2.60 bits per heavy atom. The molecule has 1 atom stereocenters. The third kappa shape index (κ3) is 4.18. The van der Waals surface area contributed by atoms with Crippen molar-refractivity contribution in [1.29, 1.82) is 0 Å². The molecule has 20 heavy (non-hydrogen) atoms. The highest BCUT2D eigenvalue weighted by Crippen LogP contribution is 2.31. The molecule has 1 saturated carbocycles. The Bertz CT molecular complexity index is 402. The van der Waals surface area contributed by atoms with E-state index >= 15 is 0 Å². The van der Waals surface area contributed by atoms with Crippen LogP contribution in [0.3, 0.4) is 0 Å². The zero-order valence-electron chi connectivity index (χ0n) is 13.0. The first-order valence-electron chi connectivity index (χ1n) is 8.16. The van der Waals surface area contributed by atoms with Crippen LogP contribution in [0.25, 0.3) is 0 Å². The van der Waals surface area contributed by atoms with E-state index in [1.54, 1.807) is 6.92 Å². The highest BCUT2D eigenvalue weighted by Gasteiger charge is 2.36. The molecule has 0 aromatic carbocycles. The van der Waals surface area contributed by atoms with Gasteiger partial charge in [-0.25, -0.2) is 8.42 Å². The standard InChI is InChI=1S/C15H30N2O2S/c1-3-20(18,19)12-11-17-13-15(8-5-4-6-9-15)16-10-7-14(17)2/h14,16H,3-13H2,1-2H3. The average Bonchev–Trinajstić information content (AvgIpc) is 2.58. The first kappa shape index (κ1) is 16.2. The molecule has 1 aliphatic carbocycles. The second kappa shape index (κ2) is 6.75. The highest BCUT2D eigenvalue weighted by atomic mass is 32.2. The Morgan fingerprint density at radius 1 is 1.25 bits per heavy atom. The van der Waals surface area contributed by atoms with Crippen molar-refractivity contribution in [2.45, 2.75) is 64.0 Å². The largest absolute Gasteiger partial charge is 0.310 e. The predicted octanol–water partition coefficient (Wildman–Crippen LogP) is 1.81. The number of sulfone groups is 1. The van der Waals surface area contributed by atoms with Crippen molar-refractivity contribution in [3.63, 3.8) is 0 Å². The monoisotopic (exact) mass is 302 g/mol. The molecule has 118 valence electrons. The smallest absolute Gasteiger partial charge is 0.151 e. The number of hydrogen-bond acceptors (Lipinski definition) is 4. The molecule has 0 radical (unpaired) electrons. The molecule has 1 aliphatic heterocycles. The molecule has 5 heteroatoms. The van der Waals surface area contributed by atoms with E-state index in [0.29, 0.717) is 18.3 Å². The van der Waals surface area contributed by atoms with Crippen molar-refractivity contribution in [1.82, 2.24) is 10.2 Å². The Morgan fingerprint density at radius 2 is 1.95 bits per heavy atom. The van der Waals surface area contributed by atoms with E-state index in [0.717, 1.165) is 19.5 Å². The molecule has 1 unspecified atom stereocenters. The van der Waals surface area contributed by atoms with Crippen molar-refractivity contribution in [3.8, 4) is 0 Å². The summed E-state index contributed by atoms with van der Waals surface area (Å²) in [5, 5.41) is 3.78. The summed E-state index contributed by atoms with van der Waals surface area (Å²) in [5.74, 6) is 0.572. The maximum absolute atomic E-state index is 11.8. The molecule has 0 aromatic rings. The van der Waals surface area contributed by atoms with E-state index in [4.69, 9.17) is 0 Å². The van der Waals surface area contributed by atoms with Crippen LogP contribution in [0.4, 0.5) is 0 Å². The summed E-state index contributed by atoms with van der Waals surface area (Å²) in [5.41, 5.74) is 0.249. The van der Waals surface area contributed by atoms with Crippen LogP contribution in [-0.4, -0.2) is 56.0 Å². The van der Waals surface area contributed by atoms with Crippen molar-refractivity contribution in [2.75, 3.05) is 31.1 Å². The first-order valence-corrected chi connectivity index (χ1v) is 9.98. The van der Waals surface area contributed by atoms with Crippen LogP contribution in [0.5, 0.6) is 0 Å². The fourth-order valence-corrected chi connectivity index (χ4v) is 4.39. The Hall–Kier alpha value is -0.130. The summed E-state index contributed by atoms with van der Waals surface area (Å²) in [6, 6.07) is 0.482. The summed E-state index contributed by atoms with van der Waals surface area (Å²) in [4.78, 5) is 2.42. The lowest BCUT2D eigenvalue weighted by Crippen LogP contribution is -2.53. The van der Waals surface area contributed by atoms with E-state index in [9.17, 15) is 8.42 Å². The normalized spacial score (nSPS) is 28.4. The molecule has 1 saturated heterocycles. The van der Waals surface area contributed by atoms with Gasteiger partial charge in [-0.15, -0.1) is 0 Å². The maximum atomic E-state index is 11.8. The van der Waals surface area contributed by atoms with E-state index in [1.807, 2.05) is 0 Å². The summed E-state index contributed by atoms with van der Waals surface area (Å²) < 4.78 is 23.5. The SMILES string of the molecule is CCS(=O)(=O)CCN1CC2(CCCCC2)NCCC1C. The molecule has 2 fully saturated rings. The third-order valence-corrected chi connectivity index (χ3v) is 6.82. The second-order valence-corrected chi connectivity index (χ2v) is 9.09. The molecule has 0 amide bonds. The van der Waals surface area contributed by atoms with Gasteiger partial charge in [0.05, 0.1) is 5.75 Å². The molecule has 1 N–H and O–H groups in total. The van der Waals surface area contributed by atoms with Crippen LogP contribution < -0.4 is 5.32 Å². The van der Waals surface area contributed by atoms with Crippen molar-refractivity contribution in [3.05, 3.63) is 0 Å². The summed E-state index contributed by atoms with van der Waals surface area (Å²) in [6.07, 6.45) is 7.58. The fraction of sp³-hybridized carbons (Fsp3) is 1.00. The minimum absolute atomic E-state index is 0.249. The van der Waals surface area contributed by atoms with Gasteiger partial charge in [0.15, 0.2) is 9.84 Å². The molecule has 0 bridgehead atoms. The molecule has 1 heterocycles. The number of nitrogens with one attached hydrogen (secondary N) is 1. The number of hydrogen-bond donors (Lipinski definition) is 1. The van der Waals surface area contributed by atoms with Gasteiger partial charge in [0, 0.05) is 30.4 Å². The molecule has 1 spiro atoms. The second-order valence-electron chi connectivity index (χ2n) is 6.61. The predicted molar refractivity (Wildman–Crippen MR) is 83.8 cm³/mol. The summed E-state index contributed by atoms with van der Waals surface area (Å²) in [7, 11) is -2.86. The lowest BCUT2D eigenvalue weighted by atomic mass is 9.81. The first-order chi connectivity index (χ1) is 9.46. The summed E-state index contributed by atoms with van der Waals surface area (Å²) in [6.45, 7) is 6.76. The highest BCUT2D eigenvalue weighted by molar-refractivity contribution is 7.91. The van der Waals surface area contributed by atoms with E-state index in [2.05, 4.69) is 17.1 Å². The van der Waals surface area contributed by atoms with Gasteiger partial charge in [0.2, 0.25) is 0 Å². The molecule has 2 aliphatic rings. The number of rotatable bonds is 4. The van der Waals surface area contributed by atoms with Crippen LogP contribution in [0, 0.1) is 0 Å². The minimum Gasteiger partial charge on any atom is -0.310 e. The maximum Gasteiger partial charge on any atom is 0.151 e. The van der Waals surface area contributed by atoms with E-state index in [-0.39, 0.29) is 11.3 Å². The third-order valence-electron chi connectivity index (χ3n) is 5.13. The van der Waals surface area contributed by atoms with Gasteiger partial charge in [0.1, 0.15) is 0 Å². The molecular weight excluding hydrogens is 272 g/mol. The van der Waals surface area contributed by atoms with Gasteiger partial charge < -0.3 is 5.32 Å². The molecular formula is C15H30N2O2S. The van der Waals surface area contributed by atoms with Crippen LogP contribution in [0.15, 0.2) is 0 Å². The number of nitrogens with zero attached hydrogens (tertiary/aromatic N) is 1. The van der Waals surface area contributed by atoms with Crippen molar-refractivity contribution >= 4 is 9.84 Å². The van der Waals surface area contributed by atoms with Crippen molar-refractivity contribution in [2.24, 2.45) is 0 Å². The van der Waals surface area contributed by atoms with Gasteiger partial charge in [-0.05, 0) is 32.7 Å². The van der Waals surface area contributed by atoms with Gasteiger partial charge in [-0.3, -0.25) is 4.90 Å². The van der Waals surface area contributed by atoms with Gasteiger partial charge in [-0.1, -0.05) is 26.2 Å². The minimum atomic E-state index is -2.86. The van der Waals surface area contributed by atoms with E-state index < -0.39 is 9.84 Å². The van der Waals surface area contributed by atoms with Crippen LogP contribution in [0.1, 0.15) is 52.4 Å². The van der Waals surface area contributed by atoms with Crippen molar-refractivity contribution < 1.29 is 8.42 Å². The van der Waals surface area contributed by atoms with Crippen LogP contribution in [-0.2, 0) is 9.84 Å². The Labute approximate surface area is 124 Å². The van der Waals surface area contributed by atoms with Crippen LogP contribution in [0.2, 0.25) is 0 Å². The fourth-order valence-electron chi connectivity index (χ4n) is 3.59. The Balaban J connectivity index is 2.01. The van der Waals surface area contributed by atoms with Gasteiger partial charge >= 0.3 is 0 Å². The average molecular weight is 302 g/mol. The molecule has 2 rings (SSSR count).